The van der Waals surface area contributed by atoms with Crippen molar-refractivity contribution in [2.45, 2.75) is 20.4 Å². The molecule has 24 heavy (non-hydrogen) atoms. The van der Waals surface area contributed by atoms with E-state index in [4.69, 9.17) is 10.3 Å². The van der Waals surface area contributed by atoms with E-state index in [1.54, 1.807) is 12.1 Å². The molecule has 0 saturated carbocycles. The largest absolute Gasteiger partial charge is 0.375 e. The molecule has 3 rings (SSSR count). The van der Waals surface area contributed by atoms with Crippen molar-refractivity contribution in [1.82, 2.24) is 10.1 Å². The van der Waals surface area contributed by atoms with E-state index in [-0.39, 0.29) is 0 Å². The van der Waals surface area contributed by atoms with Crippen LogP contribution in [-0.4, -0.2) is 16.0 Å². The van der Waals surface area contributed by atoms with Gasteiger partial charge in [0.15, 0.2) is 0 Å². The SMILES string of the molecule is Cc1cccc(-c2noc(CNc3c(C)cccc3C(N)=O)n2)c1. The molecule has 0 bridgehead atoms. The third kappa shape index (κ3) is 3.27. The van der Waals surface area contributed by atoms with Crippen molar-refractivity contribution in [3.05, 3.63) is 65.0 Å². The number of para-hydroxylation sites is 1. The fourth-order valence-corrected chi connectivity index (χ4v) is 2.50. The van der Waals surface area contributed by atoms with E-state index in [1.165, 1.54) is 0 Å². The summed E-state index contributed by atoms with van der Waals surface area (Å²) in [6.07, 6.45) is 0. The van der Waals surface area contributed by atoms with Gasteiger partial charge in [-0.1, -0.05) is 41.1 Å². The molecule has 0 unspecified atom stereocenters. The summed E-state index contributed by atoms with van der Waals surface area (Å²) in [5.41, 5.74) is 9.49. The van der Waals surface area contributed by atoms with Gasteiger partial charge in [0.05, 0.1) is 17.8 Å². The number of aryl methyl sites for hydroxylation is 2. The molecule has 0 fully saturated rings. The van der Waals surface area contributed by atoms with Crippen LogP contribution in [0.3, 0.4) is 0 Å². The summed E-state index contributed by atoms with van der Waals surface area (Å²) in [5.74, 6) is 0.493. The highest BCUT2D eigenvalue weighted by Crippen LogP contribution is 2.22. The monoisotopic (exact) mass is 322 g/mol. The predicted molar refractivity (Wildman–Crippen MR) is 91.5 cm³/mol. The maximum atomic E-state index is 11.5. The van der Waals surface area contributed by atoms with Crippen LogP contribution >= 0.6 is 0 Å². The Hall–Kier alpha value is -3.15. The van der Waals surface area contributed by atoms with Gasteiger partial charge in [-0.05, 0) is 31.5 Å². The summed E-state index contributed by atoms with van der Waals surface area (Å²) in [5, 5.41) is 7.16. The highest BCUT2D eigenvalue weighted by atomic mass is 16.5. The maximum Gasteiger partial charge on any atom is 0.250 e. The summed E-state index contributed by atoms with van der Waals surface area (Å²) in [6.45, 7) is 4.22. The minimum Gasteiger partial charge on any atom is -0.375 e. The zero-order chi connectivity index (χ0) is 17.1. The lowest BCUT2D eigenvalue weighted by molar-refractivity contribution is 0.100. The van der Waals surface area contributed by atoms with Crippen LogP contribution in [0.15, 0.2) is 47.0 Å². The Kier molecular flexibility index (Phi) is 4.29. The van der Waals surface area contributed by atoms with Crippen LogP contribution in [0.1, 0.15) is 27.4 Å². The molecule has 0 spiro atoms. The lowest BCUT2D eigenvalue weighted by Crippen LogP contribution is -2.15. The van der Waals surface area contributed by atoms with E-state index in [2.05, 4.69) is 15.5 Å². The fourth-order valence-electron chi connectivity index (χ4n) is 2.50. The van der Waals surface area contributed by atoms with Gasteiger partial charge < -0.3 is 15.6 Å². The number of hydrogen-bond acceptors (Lipinski definition) is 5. The van der Waals surface area contributed by atoms with E-state index in [1.807, 2.05) is 44.2 Å². The molecule has 1 aromatic heterocycles. The lowest BCUT2D eigenvalue weighted by atomic mass is 10.1. The highest BCUT2D eigenvalue weighted by Gasteiger charge is 2.13. The van der Waals surface area contributed by atoms with Crippen molar-refractivity contribution in [3.8, 4) is 11.4 Å². The molecule has 3 N–H and O–H groups in total. The third-order valence-electron chi connectivity index (χ3n) is 3.70. The Labute approximate surface area is 139 Å². The van der Waals surface area contributed by atoms with E-state index >= 15 is 0 Å². The van der Waals surface area contributed by atoms with Crippen molar-refractivity contribution in [2.75, 3.05) is 5.32 Å². The molecule has 3 aromatic rings. The van der Waals surface area contributed by atoms with E-state index in [9.17, 15) is 4.79 Å². The van der Waals surface area contributed by atoms with Crippen LogP contribution in [0.4, 0.5) is 5.69 Å². The second-order valence-electron chi connectivity index (χ2n) is 5.60. The number of hydrogen-bond donors (Lipinski definition) is 2. The molecule has 6 heteroatoms. The van der Waals surface area contributed by atoms with E-state index in [0.29, 0.717) is 29.5 Å². The van der Waals surface area contributed by atoms with Gasteiger partial charge >= 0.3 is 0 Å². The minimum atomic E-state index is -0.479. The fraction of sp³-hybridized carbons (Fsp3) is 0.167. The van der Waals surface area contributed by atoms with Gasteiger partial charge in [-0.2, -0.15) is 4.98 Å². The number of nitrogens with two attached hydrogens (primary N) is 1. The third-order valence-corrected chi connectivity index (χ3v) is 3.70. The van der Waals surface area contributed by atoms with Gasteiger partial charge in [0.1, 0.15) is 0 Å². The number of carbonyl (C=O) groups is 1. The standard InChI is InChI=1S/C18H18N4O2/c1-11-5-3-7-13(9-11)18-21-15(24-22-18)10-20-16-12(2)6-4-8-14(16)17(19)23/h3-9,20H,10H2,1-2H3,(H2,19,23). The predicted octanol–water partition coefficient (Wildman–Crippen LogP) is 3.06. The molecule has 122 valence electrons. The number of nitrogens with one attached hydrogen (secondary N) is 1. The molecule has 0 radical (unpaired) electrons. The van der Waals surface area contributed by atoms with Crippen LogP contribution in [0.5, 0.6) is 0 Å². The van der Waals surface area contributed by atoms with Crippen LogP contribution in [0, 0.1) is 13.8 Å². The molecule has 6 nitrogen and oxygen atoms in total. The summed E-state index contributed by atoms with van der Waals surface area (Å²) >= 11 is 0. The average Bonchev–Trinajstić information content (AvgIpc) is 3.02. The van der Waals surface area contributed by atoms with Crippen LogP contribution in [-0.2, 0) is 6.54 Å². The van der Waals surface area contributed by atoms with Crippen molar-refractivity contribution in [2.24, 2.45) is 5.73 Å². The smallest absolute Gasteiger partial charge is 0.250 e. The maximum absolute atomic E-state index is 11.5. The Morgan fingerprint density at radius 3 is 2.75 bits per heavy atom. The Morgan fingerprint density at radius 2 is 2.00 bits per heavy atom. The number of benzene rings is 2. The Bertz CT molecular complexity index is 886. The second-order valence-corrected chi connectivity index (χ2v) is 5.60. The molecular weight excluding hydrogens is 304 g/mol. The quantitative estimate of drug-likeness (QED) is 0.753. The lowest BCUT2D eigenvalue weighted by Gasteiger charge is -2.11. The number of rotatable bonds is 5. The average molecular weight is 322 g/mol. The van der Waals surface area contributed by atoms with Crippen molar-refractivity contribution in [1.29, 1.82) is 0 Å². The normalized spacial score (nSPS) is 10.6. The van der Waals surface area contributed by atoms with Gasteiger partial charge in [-0.3, -0.25) is 4.79 Å². The highest BCUT2D eigenvalue weighted by molar-refractivity contribution is 5.99. The summed E-state index contributed by atoms with van der Waals surface area (Å²) in [6, 6.07) is 13.3. The van der Waals surface area contributed by atoms with Crippen molar-refractivity contribution >= 4 is 11.6 Å². The molecule has 0 aliphatic carbocycles. The number of primary amides is 1. The first-order valence-corrected chi connectivity index (χ1v) is 7.57. The molecule has 0 aliphatic heterocycles. The molecule has 1 amide bonds. The van der Waals surface area contributed by atoms with Gasteiger partial charge in [-0.15, -0.1) is 0 Å². The number of carbonyl (C=O) groups excluding carboxylic acids is 1. The van der Waals surface area contributed by atoms with Crippen molar-refractivity contribution < 1.29 is 9.32 Å². The second kappa shape index (κ2) is 6.54. The zero-order valence-corrected chi connectivity index (χ0v) is 13.5. The topological polar surface area (TPSA) is 94.0 Å². The van der Waals surface area contributed by atoms with Gasteiger partial charge in [0, 0.05) is 5.56 Å². The molecule has 0 atom stereocenters. The molecule has 0 aliphatic rings. The Balaban J connectivity index is 1.78. The van der Waals surface area contributed by atoms with E-state index in [0.717, 1.165) is 16.7 Å². The number of aromatic nitrogens is 2. The minimum absolute atomic E-state index is 0.309. The van der Waals surface area contributed by atoms with Gasteiger partial charge in [-0.25, -0.2) is 0 Å². The summed E-state index contributed by atoms with van der Waals surface area (Å²) in [4.78, 5) is 15.9. The first-order valence-electron chi connectivity index (χ1n) is 7.57. The Morgan fingerprint density at radius 1 is 1.21 bits per heavy atom. The molecule has 0 saturated heterocycles. The van der Waals surface area contributed by atoms with E-state index < -0.39 is 5.91 Å². The first kappa shape index (κ1) is 15.7. The zero-order valence-electron chi connectivity index (χ0n) is 13.5. The number of nitrogens with zero attached hydrogens (tertiary/aromatic N) is 2. The summed E-state index contributed by atoms with van der Waals surface area (Å²) in [7, 11) is 0. The number of amides is 1. The molecule has 2 aromatic carbocycles. The van der Waals surface area contributed by atoms with Crippen LogP contribution in [0.25, 0.3) is 11.4 Å². The van der Waals surface area contributed by atoms with Crippen LogP contribution < -0.4 is 11.1 Å². The van der Waals surface area contributed by atoms with Gasteiger partial charge in [0.2, 0.25) is 11.7 Å². The van der Waals surface area contributed by atoms with Crippen molar-refractivity contribution in [3.63, 3.8) is 0 Å². The first-order chi connectivity index (χ1) is 11.5. The molecular formula is C18H18N4O2. The summed E-state index contributed by atoms with van der Waals surface area (Å²) < 4.78 is 5.28. The van der Waals surface area contributed by atoms with Gasteiger partial charge in [0.25, 0.3) is 5.91 Å². The molecule has 1 heterocycles. The van der Waals surface area contributed by atoms with Crippen LogP contribution in [0.2, 0.25) is 0 Å². The number of anilines is 1.